The van der Waals surface area contributed by atoms with Crippen molar-refractivity contribution in [3.8, 4) is 0 Å². The molecule has 0 amide bonds. The number of ether oxygens (including phenoxy) is 1. The number of hydrogen-bond acceptors (Lipinski definition) is 3. The van der Waals surface area contributed by atoms with Gasteiger partial charge in [0.25, 0.3) is 0 Å². The first kappa shape index (κ1) is 9.00. The van der Waals surface area contributed by atoms with Crippen molar-refractivity contribution in [3.05, 3.63) is 0 Å². The van der Waals surface area contributed by atoms with E-state index in [1.807, 2.05) is 13.8 Å². The topological polar surface area (TPSA) is 46.5 Å². The zero-order valence-corrected chi connectivity index (χ0v) is 8.50. The van der Waals surface area contributed by atoms with Crippen LogP contribution in [0.5, 0.6) is 0 Å². The molecule has 0 spiro atoms. The van der Waals surface area contributed by atoms with Crippen LogP contribution in [0.2, 0.25) is 0 Å². The highest BCUT2D eigenvalue weighted by Crippen LogP contribution is 2.64. The van der Waals surface area contributed by atoms with E-state index in [2.05, 4.69) is 0 Å². The molecule has 74 valence electrons. The Morgan fingerprint density at radius 2 is 1.85 bits per heavy atom. The van der Waals surface area contributed by atoms with Gasteiger partial charge in [-0.15, -0.1) is 0 Å². The van der Waals surface area contributed by atoms with Crippen LogP contribution in [-0.2, 0) is 9.53 Å². The minimum atomic E-state index is -0.716. The molecule has 13 heavy (non-hydrogen) atoms. The molecule has 1 heterocycles. The van der Waals surface area contributed by atoms with Crippen molar-refractivity contribution < 1.29 is 14.6 Å². The van der Waals surface area contributed by atoms with Gasteiger partial charge < -0.3 is 9.84 Å². The fourth-order valence-corrected chi connectivity index (χ4v) is 2.53. The molecular formula is C10H16O3. The van der Waals surface area contributed by atoms with Gasteiger partial charge in [0, 0.05) is 5.92 Å². The zero-order valence-electron chi connectivity index (χ0n) is 8.50. The molecule has 1 aliphatic heterocycles. The fraction of sp³-hybridized carbons (Fsp3) is 0.900. The van der Waals surface area contributed by atoms with Crippen molar-refractivity contribution in [2.75, 3.05) is 0 Å². The minimum absolute atomic E-state index is 0.0791. The van der Waals surface area contributed by atoms with Gasteiger partial charge in [-0.25, -0.2) is 0 Å². The molecule has 1 saturated heterocycles. The van der Waals surface area contributed by atoms with Gasteiger partial charge >= 0.3 is 5.97 Å². The van der Waals surface area contributed by atoms with Crippen LogP contribution in [-0.4, -0.2) is 22.8 Å². The van der Waals surface area contributed by atoms with E-state index >= 15 is 0 Å². The van der Waals surface area contributed by atoms with Crippen LogP contribution in [0.1, 0.15) is 27.7 Å². The minimum Gasteiger partial charge on any atom is -0.457 e. The van der Waals surface area contributed by atoms with Gasteiger partial charge in [0.05, 0.1) is 12.0 Å². The van der Waals surface area contributed by atoms with Crippen LogP contribution in [0.25, 0.3) is 0 Å². The summed E-state index contributed by atoms with van der Waals surface area (Å²) in [6.45, 7) is 7.54. The van der Waals surface area contributed by atoms with Gasteiger partial charge in [-0.05, 0) is 19.3 Å². The Bertz CT molecular complexity index is 267. The number of rotatable bonds is 0. The molecule has 0 bridgehead atoms. The molecule has 2 aliphatic rings. The monoisotopic (exact) mass is 184 g/mol. The second-order valence-corrected chi connectivity index (χ2v) is 5.29. The summed E-state index contributed by atoms with van der Waals surface area (Å²) in [5.41, 5.74) is -0.795. The number of hydrogen-bond donors (Lipinski definition) is 1. The average molecular weight is 184 g/mol. The number of esters is 1. The number of fused-ring (bicyclic) bond motifs is 1. The number of carbonyl (C=O) groups is 1. The smallest absolute Gasteiger partial charge is 0.310 e. The molecule has 3 unspecified atom stereocenters. The summed E-state index contributed by atoms with van der Waals surface area (Å²) in [7, 11) is 0. The maximum absolute atomic E-state index is 11.5. The van der Waals surface area contributed by atoms with Crippen LogP contribution in [0.4, 0.5) is 0 Å². The van der Waals surface area contributed by atoms with Crippen LogP contribution in [0, 0.1) is 17.3 Å². The lowest BCUT2D eigenvalue weighted by atomic mass is 9.92. The molecule has 1 aliphatic carbocycles. The first-order chi connectivity index (χ1) is 5.78. The lowest BCUT2D eigenvalue weighted by Gasteiger charge is -2.34. The molecule has 1 N–H and O–H groups in total. The lowest BCUT2D eigenvalue weighted by Crippen LogP contribution is -2.46. The number of aliphatic hydroxyl groups excluding tert-OH is 1. The number of cyclic esters (lactones) is 1. The summed E-state index contributed by atoms with van der Waals surface area (Å²) in [5, 5.41) is 9.92. The van der Waals surface area contributed by atoms with Crippen molar-refractivity contribution in [2.45, 2.75) is 39.4 Å². The first-order valence-electron chi connectivity index (χ1n) is 4.69. The Kier molecular flexibility index (Phi) is 1.44. The van der Waals surface area contributed by atoms with Crippen molar-refractivity contribution >= 4 is 5.97 Å². The van der Waals surface area contributed by atoms with E-state index in [4.69, 9.17) is 4.74 Å². The Morgan fingerprint density at radius 1 is 1.31 bits per heavy atom. The third kappa shape index (κ3) is 0.966. The zero-order chi connectivity index (χ0) is 10.0. The SMILES string of the molecule is CC1(C)OC(=O)C2C(C1O)C2(C)C. The van der Waals surface area contributed by atoms with Gasteiger partial charge in [0.15, 0.2) is 0 Å². The molecule has 0 radical (unpaired) electrons. The summed E-state index contributed by atoms with van der Waals surface area (Å²) in [6.07, 6.45) is -0.523. The van der Waals surface area contributed by atoms with E-state index in [9.17, 15) is 9.90 Å². The molecule has 2 fully saturated rings. The van der Waals surface area contributed by atoms with Gasteiger partial charge in [-0.1, -0.05) is 13.8 Å². The van der Waals surface area contributed by atoms with E-state index in [0.29, 0.717) is 0 Å². The Labute approximate surface area is 78.1 Å². The normalized spacial score (nSPS) is 45.0. The molecule has 3 nitrogen and oxygen atoms in total. The van der Waals surface area contributed by atoms with Crippen molar-refractivity contribution in [1.29, 1.82) is 0 Å². The molecule has 3 heteroatoms. The molecular weight excluding hydrogens is 168 g/mol. The summed E-state index contributed by atoms with van der Waals surface area (Å²) >= 11 is 0. The predicted octanol–water partition coefficient (Wildman–Crippen LogP) is 0.955. The highest BCUT2D eigenvalue weighted by Gasteiger charge is 2.71. The highest BCUT2D eigenvalue weighted by molar-refractivity contribution is 5.79. The fourth-order valence-electron chi connectivity index (χ4n) is 2.53. The predicted molar refractivity (Wildman–Crippen MR) is 46.9 cm³/mol. The molecule has 3 atom stereocenters. The van der Waals surface area contributed by atoms with E-state index < -0.39 is 11.7 Å². The Morgan fingerprint density at radius 3 is 2.38 bits per heavy atom. The van der Waals surface area contributed by atoms with Gasteiger partial charge in [0.1, 0.15) is 5.60 Å². The van der Waals surface area contributed by atoms with Crippen molar-refractivity contribution in [1.82, 2.24) is 0 Å². The molecule has 0 aromatic rings. The average Bonchev–Trinajstić information content (AvgIpc) is 2.49. The van der Waals surface area contributed by atoms with Gasteiger partial charge in [0.2, 0.25) is 0 Å². The third-order valence-electron chi connectivity index (χ3n) is 3.58. The second kappa shape index (κ2) is 2.08. The van der Waals surface area contributed by atoms with Crippen LogP contribution in [0.15, 0.2) is 0 Å². The van der Waals surface area contributed by atoms with E-state index in [0.717, 1.165) is 0 Å². The quantitative estimate of drug-likeness (QED) is 0.570. The standard InChI is InChI=1S/C10H16O3/c1-9(2)5-6(9)8(12)13-10(3,4)7(5)11/h5-7,11H,1-4H3. The summed E-state index contributed by atoms with van der Waals surface area (Å²) in [6, 6.07) is 0. The molecule has 0 aromatic heterocycles. The van der Waals surface area contributed by atoms with Gasteiger partial charge in [-0.2, -0.15) is 0 Å². The van der Waals surface area contributed by atoms with Crippen LogP contribution in [0.3, 0.4) is 0 Å². The summed E-state index contributed by atoms with van der Waals surface area (Å²) in [4.78, 5) is 11.5. The summed E-state index contributed by atoms with van der Waals surface area (Å²) < 4.78 is 5.19. The Balaban J connectivity index is 2.30. The largest absolute Gasteiger partial charge is 0.457 e. The van der Waals surface area contributed by atoms with E-state index in [-0.39, 0.29) is 23.2 Å². The number of carbonyl (C=O) groups excluding carboxylic acids is 1. The highest BCUT2D eigenvalue weighted by atomic mass is 16.6. The molecule has 0 aromatic carbocycles. The lowest BCUT2D eigenvalue weighted by molar-refractivity contribution is -0.181. The third-order valence-corrected chi connectivity index (χ3v) is 3.58. The maximum Gasteiger partial charge on any atom is 0.310 e. The van der Waals surface area contributed by atoms with Gasteiger partial charge in [-0.3, -0.25) is 4.79 Å². The van der Waals surface area contributed by atoms with Crippen LogP contribution >= 0.6 is 0 Å². The van der Waals surface area contributed by atoms with E-state index in [1.54, 1.807) is 13.8 Å². The van der Waals surface area contributed by atoms with E-state index in [1.165, 1.54) is 0 Å². The molecule has 2 rings (SSSR count). The summed E-state index contributed by atoms with van der Waals surface area (Å²) in [5.74, 6) is -0.149. The maximum atomic E-state index is 11.5. The van der Waals surface area contributed by atoms with Crippen molar-refractivity contribution in [3.63, 3.8) is 0 Å². The van der Waals surface area contributed by atoms with Crippen LogP contribution < -0.4 is 0 Å². The number of aliphatic hydroxyl groups is 1. The molecule has 1 saturated carbocycles. The Hall–Kier alpha value is -0.570. The second-order valence-electron chi connectivity index (χ2n) is 5.29. The van der Waals surface area contributed by atoms with Crippen molar-refractivity contribution in [2.24, 2.45) is 17.3 Å². The first-order valence-corrected chi connectivity index (χ1v) is 4.69.